The molecule has 0 amide bonds. The second-order valence-electron chi connectivity index (χ2n) is 5.19. The summed E-state index contributed by atoms with van der Waals surface area (Å²) in [6.45, 7) is 5.60. The first-order valence-electron chi connectivity index (χ1n) is 7.09. The van der Waals surface area contributed by atoms with E-state index in [0.29, 0.717) is 18.4 Å². The average molecular weight is 287 g/mol. The summed E-state index contributed by atoms with van der Waals surface area (Å²) in [4.78, 5) is 14.8. The van der Waals surface area contributed by atoms with Gasteiger partial charge in [-0.25, -0.2) is 4.98 Å². The third-order valence-corrected chi connectivity index (χ3v) is 3.23. The molecule has 0 spiro atoms. The Kier molecular flexibility index (Phi) is 5.11. The summed E-state index contributed by atoms with van der Waals surface area (Å²) in [7, 11) is 1.86. The first-order chi connectivity index (χ1) is 10.1. The van der Waals surface area contributed by atoms with Crippen molar-refractivity contribution in [1.29, 1.82) is 0 Å². The molecule has 1 aromatic heterocycles. The summed E-state index contributed by atoms with van der Waals surface area (Å²) < 4.78 is 4.81. The molecule has 0 unspecified atom stereocenters. The molecule has 0 aliphatic carbocycles. The van der Waals surface area contributed by atoms with Crippen molar-refractivity contribution in [3.05, 3.63) is 29.8 Å². The Balaban J connectivity index is 2.30. The number of fused-ring (bicyclic) bond motifs is 1. The molecule has 5 nitrogen and oxygen atoms in total. The molecule has 0 saturated heterocycles. The lowest BCUT2D eigenvalue weighted by molar-refractivity contribution is -0.120. The molecule has 1 heterocycles. The van der Waals surface area contributed by atoms with Crippen LogP contribution in [0.2, 0.25) is 0 Å². The fourth-order valence-corrected chi connectivity index (χ4v) is 2.23. The Hall–Kier alpha value is -2.14. The van der Waals surface area contributed by atoms with E-state index in [0.717, 1.165) is 29.6 Å². The largest absolute Gasteiger partial charge is 0.410 e. The highest BCUT2D eigenvalue weighted by atomic mass is 16.5. The van der Waals surface area contributed by atoms with Gasteiger partial charge in [0.05, 0.1) is 11.2 Å². The van der Waals surface area contributed by atoms with Crippen LogP contribution in [-0.2, 0) is 11.2 Å². The summed E-state index contributed by atoms with van der Waals surface area (Å²) >= 11 is 0. The SMILES string of the molecule is CNc1cc(CCNC(C)C)cc2ccc(OC=O)nc12. The van der Waals surface area contributed by atoms with Gasteiger partial charge in [-0.2, -0.15) is 0 Å². The van der Waals surface area contributed by atoms with Gasteiger partial charge in [0.1, 0.15) is 0 Å². The highest BCUT2D eigenvalue weighted by molar-refractivity contribution is 5.91. The Labute approximate surface area is 124 Å². The van der Waals surface area contributed by atoms with Gasteiger partial charge in [-0.05, 0) is 36.7 Å². The molecule has 0 saturated carbocycles. The van der Waals surface area contributed by atoms with Crippen LogP contribution in [0.1, 0.15) is 19.4 Å². The Morgan fingerprint density at radius 3 is 2.81 bits per heavy atom. The number of carbonyl (C=O) groups is 1. The van der Waals surface area contributed by atoms with Crippen molar-refractivity contribution in [2.75, 3.05) is 18.9 Å². The molecule has 2 aromatic rings. The fourth-order valence-electron chi connectivity index (χ4n) is 2.23. The zero-order valence-electron chi connectivity index (χ0n) is 12.6. The monoisotopic (exact) mass is 287 g/mol. The van der Waals surface area contributed by atoms with Gasteiger partial charge in [-0.15, -0.1) is 0 Å². The third-order valence-electron chi connectivity index (χ3n) is 3.23. The second kappa shape index (κ2) is 7.04. The van der Waals surface area contributed by atoms with E-state index >= 15 is 0 Å². The number of nitrogens with zero attached hydrogens (tertiary/aromatic N) is 1. The summed E-state index contributed by atoms with van der Waals surface area (Å²) in [5.41, 5.74) is 2.98. The third kappa shape index (κ3) is 3.92. The van der Waals surface area contributed by atoms with Crippen molar-refractivity contribution >= 4 is 23.1 Å². The van der Waals surface area contributed by atoms with Crippen LogP contribution in [0.15, 0.2) is 24.3 Å². The number of ether oxygens (including phenoxy) is 1. The molecule has 21 heavy (non-hydrogen) atoms. The number of aromatic nitrogens is 1. The van der Waals surface area contributed by atoms with Gasteiger partial charge in [0.25, 0.3) is 6.47 Å². The van der Waals surface area contributed by atoms with Crippen molar-refractivity contribution in [2.24, 2.45) is 0 Å². The molecule has 0 fully saturated rings. The van der Waals surface area contributed by atoms with Gasteiger partial charge in [-0.1, -0.05) is 13.8 Å². The highest BCUT2D eigenvalue weighted by Crippen LogP contribution is 2.26. The van der Waals surface area contributed by atoms with E-state index in [1.165, 1.54) is 5.56 Å². The van der Waals surface area contributed by atoms with Crippen molar-refractivity contribution in [1.82, 2.24) is 10.3 Å². The summed E-state index contributed by atoms with van der Waals surface area (Å²) in [6.07, 6.45) is 0.954. The molecule has 112 valence electrons. The van der Waals surface area contributed by atoms with Gasteiger partial charge in [0, 0.05) is 24.5 Å². The zero-order chi connectivity index (χ0) is 15.2. The predicted octanol–water partition coefficient (Wildman–Crippen LogP) is 2.35. The highest BCUT2D eigenvalue weighted by Gasteiger charge is 2.07. The van der Waals surface area contributed by atoms with Crippen LogP contribution < -0.4 is 15.4 Å². The zero-order valence-corrected chi connectivity index (χ0v) is 12.6. The standard InChI is InChI=1S/C16H21N3O2/c1-11(2)18-7-6-12-8-13-4-5-15(21-10-20)19-16(13)14(9-12)17-3/h4-5,8-11,17-18H,6-7H2,1-3H3. The van der Waals surface area contributed by atoms with E-state index in [-0.39, 0.29) is 0 Å². The van der Waals surface area contributed by atoms with Crippen molar-refractivity contribution in [2.45, 2.75) is 26.3 Å². The first kappa shape index (κ1) is 15.3. The predicted molar refractivity (Wildman–Crippen MR) is 84.8 cm³/mol. The summed E-state index contributed by atoms with van der Waals surface area (Å²) in [5, 5.41) is 7.59. The quantitative estimate of drug-likeness (QED) is 0.765. The number of pyridine rings is 1. The smallest absolute Gasteiger partial charge is 0.299 e. The van der Waals surface area contributed by atoms with Gasteiger partial charge < -0.3 is 15.4 Å². The summed E-state index contributed by atoms with van der Waals surface area (Å²) in [6, 6.07) is 8.31. The molecular weight excluding hydrogens is 266 g/mol. The van der Waals surface area contributed by atoms with Gasteiger partial charge in [0.15, 0.2) is 0 Å². The Morgan fingerprint density at radius 2 is 2.14 bits per heavy atom. The van der Waals surface area contributed by atoms with Crippen LogP contribution in [-0.4, -0.2) is 31.1 Å². The molecule has 0 bridgehead atoms. The van der Waals surface area contributed by atoms with Crippen molar-refractivity contribution < 1.29 is 9.53 Å². The molecule has 0 atom stereocenters. The van der Waals surface area contributed by atoms with E-state index < -0.39 is 0 Å². The second-order valence-corrected chi connectivity index (χ2v) is 5.19. The Morgan fingerprint density at radius 1 is 1.33 bits per heavy atom. The average Bonchev–Trinajstić information content (AvgIpc) is 2.46. The number of nitrogens with one attached hydrogen (secondary N) is 2. The van der Waals surface area contributed by atoms with Crippen LogP contribution in [0.3, 0.4) is 0 Å². The number of carbonyl (C=O) groups excluding carboxylic acids is 1. The van der Waals surface area contributed by atoms with Crippen LogP contribution in [0.25, 0.3) is 10.9 Å². The topological polar surface area (TPSA) is 63.2 Å². The maximum Gasteiger partial charge on any atom is 0.299 e. The lowest BCUT2D eigenvalue weighted by atomic mass is 10.1. The van der Waals surface area contributed by atoms with E-state index in [2.05, 4.69) is 41.6 Å². The number of benzene rings is 1. The van der Waals surface area contributed by atoms with Crippen LogP contribution in [0.5, 0.6) is 5.88 Å². The number of anilines is 1. The maximum absolute atomic E-state index is 10.4. The van der Waals surface area contributed by atoms with Crippen LogP contribution in [0, 0.1) is 0 Å². The molecule has 5 heteroatoms. The van der Waals surface area contributed by atoms with Gasteiger partial charge in [0.2, 0.25) is 5.88 Å². The first-order valence-corrected chi connectivity index (χ1v) is 7.09. The molecule has 2 rings (SSSR count). The van der Waals surface area contributed by atoms with Crippen LogP contribution in [0.4, 0.5) is 5.69 Å². The molecule has 2 N–H and O–H groups in total. The van der Waals surface area contributed by atoms with E-state index in [9.17, 15) is 4.79 Å². The fraction of sp³-hybridized carbons (Fsp3) is 0.375. The lowest BCUT2D eigenvalue weighted by Gasteiger charge is -2.11. The van der Waals surface area contributed by atoms with Gasteiger partial charge in [-0.3, -0.25) is 4.79 Å². The molecule has 0 aliphatic heterocycles. The van der Waals surface area contributed by atoms with E-state index in [4.69, 9.17) is 4.74 Å². The maximum atomic E-state index is 10.4. The minimum Gasteiger partial charge on any atom is -0.410 e. The van der Waals surface area contributed by atoms with Crippen molar-refractivity contribution in [3.63, 3.8) is 0 Å². The van der Waals surface area contributed by atoms with Crippen molar-refractivity contribution in [3.8, 4) is 5.88 Å². The summed E-state index contributed by atoms with van der Waals surface area (Å²) in [5.74, 6) is 0.309. The molecule has 0 aliphatic rings. The normalized spacial score (nSPS) is 10.9. The Bertz CT molecular complexity index is 626. The lowest BCUT2D eigenvalue weighted by Crippen LogP contribution is -2.24. The number of rotatable bonds is 7. The minimum atomic E-state index is 0.309. The molecule has 0 radical (unpaired) electrons. The van der Waals surface area contributed by atoms with E-state index in [1.807, 2.05) is 13.1 Å². The van der Waals surface area contributed by atoms with Gasteiger partial charge >= 0.3 is 0 Å². The number of hydrogen-bond donors (Lipinski definition) is 2. The van der Waals surface area contributed by atoms with E-state index in [1.54, 1.807) is 6.07 Å². The minimum absolute atomic E-state index is 0.309. The van der Waals surface area contributed by atoms with Crippen LogP contribution >= 0.6 is 0 Å². The number of hydrogen-bond acceptors (Lipinski definition) is 5. The molecule has 1 aromatic carbocycles. The molecular formula is C16H21N3O2.